The highest BCUT2D eigenvalue weighted by molar-refractivity contribution is 7.89. The highest BCUT2D eigenvalue weighted by Gasteiger charge is 2.30. The summed E-state index contributed by atoms with van der Waals surface area (Å²) in [6.07, 6.45) is 0.783. The Kier molecular flexibility index (Phi) is 5.90. The molecule has 1 aliphatic rings. The Morgan fingerprint density at radius 3 is 2.57 bits per heavy atom. The number of hydrogen-bond acceptors (Lipinski definition) is 5. The van der Waals surface area contributed by atoms with Crippen molar-refractivity contribution in [1.82, 2.24) is 9.29 Å². The van der Waals surface area contributed by atoms with E-state index in [2.05, 4.69) is 41.5 Å². The molecular weight excluding hydrogens is 421 g/mol. The molecule has 0 bridgehead atoms. The van der Waals surface area contributed by atoms with Gasteiger partial charge < -0.3 is 4.90 Å². The molecule has 0 aliphatic carbocycles. The van der Waals surface area contributed by atoms with Gasteiger partial charge in [0.2, 0.25) is 10.0 Å². The van der Waals surface area contributed by atoms with Crippen LogP contribution in [-0.4, -0.2) is 43.9 Å². The lowest BCUT2D eigenvalue weighted by Crippen LogP contribution is -2.48. The summed E-state index contributed by atoms with van der Waals surface area (Å²) in [5, 5.41) is 2.98. The fourth-order valence-electron chi connectivity index (χ4n) is 3.66. The van der Waals surface area contributed by atoms with E-state index in [0.29, 0.717) is 31.7 Å². The standard InChI is InChI=1S/C22H24FN3O2S2/c1-16-4-3-5-18(12-16)13-20-15-29-22(24-20)25-8-10-26(11-9-25)30(27,28)21-14-19(23)7-6-17(21)2/h3-7,12,14-15H,8-11,13H2,1-2H3. The van der Waals surface area contributed by atoms with Gasteiger partial charge in [-0.25, -0.2) is 17.8 Å². The van der Waals surface area contributed by atoms with Crippen LogP contribution in [-0.2, 0) is 16.4 Å². The van der Waals surface area contributed by atoms with Gasteiger partial charge in [-0.15, -0.1) is 11.3 Å². The number of hydrogen-bond donors (Lipinski definition) is 0. The third-order valence-corrected chi connectivity index (χ3v) is 8.28. The van der Waals surface area contributed by atoms with Crippen LogP contribution in [0, 0.1) is 19.7 Å². The monoisotopic (exact) mass is 445 g/mol. The van der Waals surface area contributed by atoms with Gasteiger partial charge in [0.15, 0.2) is 5.13 Å². The predicted octanol–water partition coefficient (Wildman–Crippen LogP) is 4.00. The lowest BCUT2D eigenvalue weighted by molar-refractivity contribution is 0.384. The maximum atomic E-state index is 13.6. The average Bonchev–Trinajstić information content (AvgIpc) is 3.18. The molecule has 0 N–H and O–H groups in total. The maximum absolute atomic E-state index is 13.6. The van der Waals surface area contributed by atoms with Crippen LogP contribution in [0.25, 0.3) is 0 Å². The fraction of sp³-hybridized carbons (Fsp3) is 0.318. The summed E-state index contributed by atoms with van der Waals surface area (Å²) in [7, 11) is -3.71. The van der Waals surface area contributed by atoms with Crippen LogP contribution >= 0.6 is 11.3 Å². The maximum Gasteiger partial charge on any atom is 0.243 e. The molecule has 1 fully saturated rings. The first kappa shape index (κ1) is 21.0. The molecule has 4 rings (SSSR count). The van der Waals surface area contributed by atoms with Crippen molar-refractivity contribution in [1.29, 1.82) is 0 Å². The van der Waals surface area contributed by atoms with Gasteiger partial charge in [-0.2, -0.15) is 4.31 Å². The van der Waals surface area contributed by atoms with Gasteiger partial charge in [0.25, 0.3) is 0 Å². The molecule has 1 saturated heterocycles. The zero-order valence-electron chi connectivity index (χ0n) is 17.0. The molecule has 5 nitrogen and oxygen atoms in total. The molecular formula is C22H24FN3O2S2. The number of piperazine rings is 1. The molecule has 0 spiro atoms. The van der Waals surface area contributed by atoms with Crippen LogP contribution < -0.4 is 4.90 Å². The first-order valence-corrected chi connectivity index (χ1v) is 12.2. The molecule has 2 heterocycles. The van der Waals surface area contributed by atoms with Gasteiger partial charge in [0, 0.05) is 38.0 Å². The van der Waals surface area contributed by atoms with E-state index in [-0.39, 0.29) is 4.90 Å². The van der Waals surface area contributed by atoms with Gasteiger partial charge in [0.1, 0.15) is 5.82 Å². The van der Waals surface area contributed by atoms with Crippen LogP contribution in [0.15, 0.2) is 52.7 Å². The zero-order valence-corrected chi connectivity index (χ0v) is 18.6. The number of aromatic nitrogens is 1. The van der Waals surface area contributed by atoms with Gasteiger partial charge in [-0.05, 0) is 37.1 Å². The number of sulfonamides is 1. The number of thiazole rings is 1. The minimum absolute atomic E-state index is 0.0469. The van der Waals surface area contributed by atoms with Gasteiger partial charge in [-0.1, -0.05) is 35.9 Å². The number of halogens is 1. The van der Waals surface area contributed by atoms with E-state index in [4.69, 9.17) is 4.98 Å². The highest BCUT2D eigenvalue weighted by atomic mass is 32.2. The second-order valence-corrected chi connectivity index (χ2v) is 10.3. The summed E-state index contributed by atoms with van der Waals surface area (Å²) < 4.78 is 41.0. The molecule has 158 valence electrons. The first-order chi connectivity index (χ1) is 14.3. The molecule has 0 unspecified atom stereocenters. The number of aryl methyl sites for hydroxylation is 2. The van der Waals surface area contributed by atoms with E-state index in [1.807, 2.05) is 0 Å². The quantitative estimate of drug-likeness (QED) is 0.596. The van der Waals surface area contributed by atoms with Crippen LogP contribution in [0.2, 0.25) is 0 Å². The Hall–Kier alpha value is -2.29. The molecule has 8 heteroatoms. The molecule has 3 aromatic rings. The van der Waals surface area contributed by atoms with E-state index < -0.39 is 15.8 Å². The van der Waals surface area contributed by atoms with E-state index in [1.54, 1.807) is 18.3 Å². The van der Waals surface area contributed by atoms with Gasteiger partial charge >= 0.3 is 0 Å². The third-order valence-electron chi connectivity index (χ3n) is 5.28. The van der Waals surface area contributed by atoms with E-state index in [0.717, 1.165) is 23.3 Å². The van der Waals surface area contributed by atoms with Crippen LogP contribution in [0.4, 0.5) is 9.52 Å². The van der Waals surface area contributed by atoms with Crippen molar-refractivity contribution < 1.29 is 12.8 Å². The minimum atomic E-state index is -3.71. The average molecular weight is 446 g/mol. The molecule has 0 atom stereocenters. The fourth-order valence-corrected chi connectivity index (χ4v) is 6.20. The van der Waals surface area contributed by atoms with Crippen LogP contribution in [0.3, 0.4) is 0 Å². The van der Waals surface area contributed by atoms with E-state index in [9.17, 15) is 12.8 Å². The Bertz CT molecular complexity index is 1150. The van der Waals surface area contributed by atoms with E-state index in [1.165, 1.54) is 27.6 Å². The minimum Gasteiger partial charge on any atom is -0.345 e. The summed E-state index contributed by atoms with van der Waals surface area (Å²) in [5.41, 5.74) is 4.03. The van der Waals surface area contributed by atoms with Crippen LogP contribution in [0.5, 0.6) is 0 Å². The van der Waals surface area contributed by atoms with Gasteiger partial charge in [0.05, 0.1) is 10.6 Å². The summed E-state index contributed by atoms with van der Waals surface area (Å²) in [5.74, 6) is -0.540. The van der Waals surface area contributed by atoms with E-state index >= 15 is 0 Å². The predicted molar refractivity (Wildman–Crippen MR) is 118 cm³/mol. The highest BCUT2D eigenvalue weighted by Crippen LogP contribution is 2.26. The normalized spacial score (nSPS) is 15.5. The molecule has 2 aromatic carbocycles. The lowest BCUT2D eigenvalue weighted by Gasteiger charge is -2.34. The summed E-state index contributed by atoms with van der Waals surface area (Å²) >= 11 is 1.59. The number of anilines is 1. The first-order valence-electron chi connectivity index (χ1n) is 9.84. The second kappa shape index (κ2) is 8.45. The topological polar surface area (TPSA) is 53.5 Å². The summed E-state index contributed by atoms with van der Waals surface area (Å²) in [6, 6.07) is 12.3. The Morgan fingerprint density at radius 2 is 1.83 bits per heavy atom. The van der Waals surface area contributed by atoms with Crippen molar-refractivity contribution in [3.05, 3.63) is 76.0 Å². The summed E-state index contributed by atoms with van der Waals surface area (Å²) in [6.45, 7) is 5.59. The number of benzene rings is 2. The van der Waals surface area contributed by atoms with Crippen LogP contribution in [0.1, 0.15) is 22.4 Å². The molecule has 1 aliphatic heterocycles. The Balaban J connectivity index is 1.42. The lowest BCUT2D eigenvalue weighted by atomic mass is 10.1. The molecule has 0 radical (unpaired) electrons. The molecule has 30 heavy (non-hydrogen) atoms. The van der Waals surface area contributed by atoms with Crippen molar-refractivity contribution in [3.8, 4) is 0 Å². The Morgan fingerprint density at radius 1 is 1.07 bits per heavy atom. The summed E-state index contributed by atoms with van der Waals surface area (Å²) in [4.78, 5) is 6.92. The molecule has 0 amide bonds. The Labute approximate surface area is 180 Å². The second-order valence-electron chi connectivity index (χ2n) is 7.59. The number of nitrogens with zero attached hydrogens (tertiary/aromatic N) is 3. The smallest absolute Gasteiger partial charge is 0.243 e. The van der Waals surface area contributed by atoms with Gasteiger partial charge in [-0.3, -0.25) is 0 Å². The zero-order chi connectivity index (χ0) is 21.3. The van der Waals surface area contributed by atoms with Crippen molar-refractivity contribution in [2.45, 2.75) is 25.2 Å². The SMILES string of the molecule is Cc1cccc(Cc2csc(N3CCN(S(=O)(=O)c4cc(F)ccc4C)CC3)n2)c1. The van der Waals surface area contributed by atoms with Crippen molar-refractivity contribution in [2.75, 3.05) is 31.1 Å². The molecule has 1 aromatic heterocycles. The van der Waals surface area contributed by atoms with Crippen molar-refractivity contribution >= 4 is 26.5 Å². The van der Waals surface area contributed by atoms with Crippen molar-refractivity contribution in [3.63, 3.8) is 0 Å². The van der Waals surface area contributed by atoms with Crippen molar-refractivity contribution in [2.24, 2.45) is 0 Å². The third kappa shape index (κ3) is 4.40. The molecule has 0 saturated carbocycles. The largest absolute Gasteiger partial charge is 0.345 e. The number of rotatable bonds is 5.